The number of aryl methyl sites for hydroxylation is 1. The summed E-state index contributed by atoms with van der Waals surface area (Å²) in [6.07, 6.45) is 1.60. The van der Waals surface area contributed by atoms with Crippen molar-refractivity contribution in [2.45, 2.75) is 39.8 Å². The average Bonchev–Trinajstić information content (AvgIpc) is 3.24. The van der Waals surface area contributed by atoms with E-state index in [1.807, 2.05) is 4.68 Å². The van der Waals surface area contributed by atoms with Gasteiger partial charge in [0.05, 0.1) is 34.0 Å². The van der Waals surface area contributed by atoms with Gasteiger partial charge in [0.25, 0.3) is 11.8 Å². The molecule has 1 saturated heterocycles. The summed E-state index contributed by atoms with van der Waals surface area (Å²) in [5, 5.41) is 4.75. The van der Waals surface area contributed by atoms with Crippen LogP contribution in [0.5, 0.6) is 11.8 Å². The Morgan fingerprint density at radius 3 is 2.50 bits per heavy atom. The number of hydrogen-bond acceptors (Lipinski definition) is 7. The third-order valence-corrected chi connectivity index (χ3v) is 6.31. The van der Waals surface area contributed by atoms with Gasteiger partial charge in [-0.3, -0.25) is 14.3 Å². The lowest BCUT2D eigenvalue weighted by molar-refractivity contribution is 0.0296. The van der Waals surface area contributed by atoms with Gasteiger partial charge in [0, 0.05) is 49.9 Å². The molecule has 4 rings (SSSR count). The lowest BCUT2D eigenvalue weighted by Crippen LogP contribution is -2.42. The largest absolute Gasteiger partial charge is 0.481 e. The monoisotopic (exact) mass is 471 g/mol. The number of amides is 2. The van der Waals surface area contributed by atoms with Gasteiger partial charge in [0.2, 0.25) is 11.8 Å². The third kappa shape index (κ3) is 4.86. The Bertz CT molecular complexity index is 1040. The molecule has 2 aliphatic rings. The van der Waals surface area contributed by atoms with E-state index in [0.29, 0.717) is 68.9 Å². The molecule has 0 spiro atoms. The minimum absolute atomic E-state index is 0.0964. The first kappa shape index (κ1) is 24.0. The number of methoxy groups -OCH3 is 2. The molecule has 0 saturated carbocycles. The van der Waals surface area contributed by atoms with Crippen LogP contribution in [-0.2, 0) is 24.2 Å². The van der Waals surface area contributed by atoms with Crippen molar-refractivity contribution in [3.8, 4) is 11.8 Å². The standard InChI is InChI=1S/C24H33N5O5/c1-16(2)7-10-29-19-8-9-28(23(30)17-5-6-20(32-3)25-22(17)33-4)15-18(19)21(26-29)24(31)27-11-13-34-14-12-27/h5-6,16H,7-15H2,1-4H3. The fourth-order valence-corrected chi connectivity index (χ4v) is 4.34. The van der Waals surface area contributed by atoms with E-state index >= 15 is 0 Å². The third-order valence-electron chi connectivity index (χ3n) is 6.31. The molecule has 0 aromatic carbocycles. The van der Waals surface area contributed by atoms with Crippen molar-refractivity contribution >= 4 is 11.8 Å². The number of rotatable bonds is 7. The first-order chi connectivity index (χ1) is 16.4. The van der Waals surface area contributed by atoms with Crippen molar-refractivity contribution in [2.75, 3.05) is 47.1 Å². The number of pyridine rings is 1. The van der Waals surface area contributed by atoms with Gasteiger partial charge in [-0.05, 0) is 18.4 Å². The van der Waals surface area contributed by atoms with Crippen LogP contribution in [-0.4, -0.2) is 83.4 Å². The first-order valence-corrected chi connectivity index (χ1v) is 11.8. The van der Waals surface area contributed by atoms with E-state index in [1.54, 1.807) is 21.9 Å². The second kappa shape index (κ2) is 10.4. The lowest BCUT2D eigenvalue weighted by Gasteiger charge is -2.29. The summed E-state index contributed by atoms with van der Waals surface area (Å²) < 4.78 is 17.9. The molecule has 34 heavy (non-hydrogen) atoms. The highest BCUT2D eigenvalue weighted by atomic mass is 16.5. The highest BCUT2D eigenvalue weighted by Crippen LogP contribution is 2.28. The molecule has 0 bridgehead atoms. The van der Waals surface area contributed by atoms with Gasteiger partial charge < -0.3 is 24.0 Å². The van der Waals surface area contributed by atoms with E-state index in [1.165, 1.54) is 14.2 Å². The van der Waals surface area contributed by atoms with Gasteiger partial charge in [-0.1, -0.05) is 13.8 Å². The topological polar surface area (TPSA) is 99.0 Å². The van der Waals surface area contributed by atoms with Crippen molar-refractivity contribution in [2.24, 2.45) is 5.92 Å². The van der Waals surface area contributed by atoms with Crippen LogP contribution in [0, 0.1) is 5.92 Å². The van der Waals surface area contributed by atoms with Crippen LogP contribution >= 0.6 is 0 Å². The minimum Gasteiger partial charge on any atom is -0.481 e. The predicted octanol–water partition coefficient (Wildman–Crippen LogP) is 2.01. The molecule has 0 aliphatic carbocycles. The maximum absolute atomic E-state index is 13.4. The number of nitrogens with zero attached hydrogens (tertiary/aromatic N) is 5. The molecule has 2 aliphatic heterocycles. The lowest BCUT2D eigenvalue weighted by atomic mass is 10.0. The Labute approximate surface area is 199 Å². The molecule has 1 fully saturated rings. The van der Waals surface area contributed by atoms with Crippen LogP contribution in [0.15, 0.2) is 12.1 Å². The van der Waals surface area contributed by atoms with Crippen molar-refractivity contribution < 1.29 is 23.8 Å². The minimum atomic E-state index is -0.197. The number of ether oxygens (including phenoxy) is 3. The van der Waals surface area contributed by atoms with Crippen LogP contribution in [0.3, 0.4) is 0 Å². The number of morpholine rings is 1. The fraction of sp³-hybridized carbons (Fsp3) is 0.583. The normalized spacial score (nSPS) is 15.9. The Hall–Kier alpha value is -3.14. The van der Waals surface area contributed by atoms with Crippen molar-refractivity contribution in [3.05, 3.63) is 34.6 Å². The number of fused-ring (bicyclic) bond motifs is 1. The van der Waals surface area contributed by atoms with Gasteiger partial charge in [-0.2, -0.15) is 10.1 Å². The fourth-order valence-electron chi connectivity index (χ4n) is 4.34. The van der Waals surface area contributed by atoms with E-state index in [-0.39, 0.29) is 17.7 Å². The molecule has 2 amide bonds. The number of hydrogen-bond donors (Lipinski definition) is 0. The highest BCUT2D eigenvalue weighted by molar-refractivity contribution is 5.97. The molecule has 10 heteroatoms. The summed E-state index contributed by atoms with van der Waals surface area (Å²) in [4.78, 5) is 34.6. The van der Waals surface area contributed by atoms with Gasteiger partial charge in [0.15, 0.2) is 5.69 Å². The number of carbonyl (C=O) groups excluding carboxylic acids is 2. The molecule has 2 aromatic heterocycles. The van der Waals surface area contributed by atoms with Crippen LogP contribution in [0.1, 0.15) is 52.4 Å². The van der Waals surface area contributed by atoms with E-state index in [4.69, 9.17) is 19.3 Å². The zero-order valence-corrected chi connectivity index (χ0v) is 20.4. The number of carbonyl (C=O) groups is 2. The molecule has 0 radical (unpaired) electrons. The molecule has 184 valence electrons. The van der Waals surface area contributed by atoms with E-state index in [2.05, 4.69) is 18.8 Å². The number of aromatic nitrogens is 3. The molecule has 0 unspecified atom stereocenters. The van der Waals surface area contributed by atoms with Crippen molar-refractivity contribution in [1.82, 2.24) is 24.6 Å². The van der Waals surface area contributed by atoms with Crippen LogP contribution in [0.4, 0.5) is 0 Å². The summed E-state index contributed by atoms with van der Waals surface area (Å²) in [5.41, 5.74) is 2.68. The molecule has 2 aromatic rings. The second-order valence-corrected chi connectivity index (χ2v) is 8.97. The van der Waals surface area contributed by atoms with Crippen LogP contribution < -0.4 is 9.47 Å². The SMILES string of the molecule is COc1ccc(C(=O)N2CCc3c(c(C(=O)N4CCOCC4)nn3CCC(C)C)C2)c(OC)n1. The van der Waals surface area contributed by atoms with Crippen LogP contribution in [0.2, 0.25) is 0 Å². The predicted molar refractivity (Wildman–Crippen MR) is 124 cm³/mol. The van der Waals surface area contributed by atoms with E-state index < -0.39 is 0 Å². The maximum atomic E-state index is 13.4. The second-order valence-electron chi connectivity index (χ2n) is 8.97. The summed E-state index contributed by atoms with van der Waals surface area (Å²) >= 11 is 0. The summed E-state index contributed by atoms with van der Waals surface area (Å²) in [6, 6.07) is 3.30. The van der Waals surface area contributed by atoms with Gasteiger partial charge >= 0.3 is 0 Å². The Morgan fingerprint density at radius 1 is 1.06 bits per heavy atom. The van der Waals surface area contributed by atoms with Gasteiger partial charge in [0.1, 0.15) is 5.56 Å². The summed E-state index contributed by atoms with van der Waals surface area (Å²) in [7, 11) is 2.99. The molecule has 0 N–H and O–H groups in total. The zero-order valence-electron chi connectivity index (χ0n) is 20.4. The highest BCUT2D eigenvalue weighted by Gasteiger charge is 2.33. The van der Waals surface area contributed by atoms with Crippen molar-refractivity contribution in [1.29, 1.82) is 0 Å². The molecule has 0 atom stereocenters. The zero-order chi connectivity index (χ0) is 24.2. The Balaban J connectivity index is 1.63. The smallest absolute Gasteiger partial charge is 0.274 e. The van der Waals surface area contributed by atoms with Crippen molar-refractivity contribution in [3.63, 3.8) is 0 Å². The van der Waals surface area contributed by atoms with Crippen LogP contribution in [0.25, 0.3) is 0 Å². The van der Waals surface area contributed by atoms with E-state index in [0.717, 1.165) is 24.2 Å². The maximum Gasteiger partial charge on any atom is 0.274 e. The average molecular weight is 472 g/mol. The molecule has 10 nitrogen and oxygen atoms in total. The van der Waals surface area contributed by atoms with Gasteiger partial charge in [-0.15, -0.1) is 0 Å². The Morgan fingerprint density at radius 2 is 1.82 bits per heavy atom. The molecular formula is C24H33N5O5. The summed E-state index contributed by atoms with van der Waals surface area (Å²) in [5.74, 6) is 0.819. The van der Waals surface area contributed by atoms with E-state index in [9.17, 15) is 9.59 Å². The summed E-state index contributed by atoms with van der Waals surface area (Å²) in [6.45, 7) is 8.08. The quantitative estimate of drug-likeness (QED) is 0.609. The molecule has 4 heterocycles. The van der Waals surface area contributed by atoms with Gasteiger partial charge in [-0.25, -0.2) is 0 Å². The first-order valence-electron chi connectivity index (χ1n) is 11.8. The molecular weight excluding hydrogens is 438 g/mol. The Kier molecular flexibility index (Phi) is 7.35.